The molecule has 1 aromatic rings. The van der Waals surface area contributed by atoms with Crippen LogP contribution < -0.4 is 5.32 Å². The van der Waals surface area contributed by atoms with Crippen molar-refractivity contribution in [3.63, 3.8) is 0 Å². The van der Waals surface area contributed by atoms with Crippen LogP contribution in [-0.2, 0) is 4.79 Å². The summed E-state index contributed by atoms with van der Waals surface area (Å²) < 4.78 is 0. The summed E-state index contributed by atoms with van der Waals surface area (Å²) in [5, 5.41) is 3.05. The molecule has 98 valence electrons. The monoisotopic (exact) mass is 246 g/mol. The highest BCUT2D eigenvalue weighted by molar-refractivity contribution is 5.73. The number of rotatable bonds is 2. The number of hydrogen-bond acceptors (Lipinski definition) is 2. The molecular formula is C15H22N2O. The van der Waals surface area contributed by atoms with E-state index in [0.717, 1.165) is 19.5 Å². The number of nitrogens with zero attached hydrogens (tertiary/aromatic N) is 1. The second-order valence-electron chi connectivity index (χ2n) is 5.47. The maximum Gasteiger partial charge on any atom is 0.217 e. The van der Waals surface area contributed by atoms with Crippen molar-refractivity contribution in [1.82, 2.24) is 10.2 Å². The van der Waals surface area contributed by atoms with E-state index < -0.39 is 0 Å². The first-order valence-electron chi connectivity index (χ1n) is 6.57. The molecule has 1 aliphatic heterocycles. The Bertz CT molecular complexity index is 430. The molecular weight excluding hydrogens is 224 g/mol. The highest BCUT2D eigenvalue weighted by Crippen LogP contribution is 2.26. The molecule has 1 N–H and O–H groups in total. The van der Waals surface area contributed by atoms with Gasteiger partial charge in [-0.25, -0.2) is 0 Å². The second kappa shape index (κ2) is 5.53. The molecule has 3 heteroatoms. The lowest BCUT2D eigenvalue weighted by atomic mass is 9.87. The van der Waals surface area contributed by atoms with Crippen LogP contribution in [0.4, 0.5) is 0 Å². The van der Waals surface area contributed by atoms with Gasteiger partial charge in [-0.3, -0.25) is 4.79 Å². The smallest absolute Gasteiger partial charge is 0.217 e. The fraction of sp³-hybridized carbons (Fsp3) is 0.533. The van der Waals surface area contributed by atoms with Crippen molar-refractivity contribution in [3.05, 3.63) is 35.4 Å². The van der Waals surface area contributed by atoms with Gasteiger partial charge in [0.05, 0.1) is 0 Å². The van der Waals surface area contributed by atoms with Gasteiger partial charge in [0.1, 0.15) is 0 Å². The van der Waals surface area contributed by atoms with Crippen LogP contribution in [0.25, 0.3) is 0 Å². The number of amides is 1. The average Bonchev–Trinajstić information content (AvgIpc) is 2.27. The van der Waals surface area contributed by atoms with E-state index in [2.05, 4.69) is 48.5 Å². The van der Waals surface area contributed by atoms with Gasteiger partial charge in [-0.15, -0.1) is 0 Å². The molecule has 18 heavy (non-hydrogen) atoms. The number of likely N-dealkylation sites (N-methyl/N-ethyl adjacent to an activating group) is 1. The Balaban J connectivity index is 2.10. The van der Waals surface area contributed by atoms with Crippen LogP contribution in [0.3, 0.4) is 0 Å². The SMILES string of the molecule is CC(=O)NC1CC(c2cccc(C)c2)CN(C)C1. The molecule has 0 aromatic heterocycles. The largest absolute Gasteiger partial charge is 0.352 e. The molecule has 1 amide bonds. The summed E-state index contributed by atoms with van der Waals surface area (Å²) in [4.78, 5) is 13.5. The number of carbonyl (C=O) groups is 1. The van der Waals surface area contributed by atoms with Crippen molar-refractivity contribution in [3.8, 4) is 0 Å². The maximum absolute atomic E-state index is 11.2. The van der Waals surface area contributed by atoms with E-state index in [4.69, 9.17) is 0 Å². The summed E-state index contributed by atoms with van der Waals surface area (Å²) in [5.41, 5.74) is 2.69. The lowest BCUT2D eigenvalue weighted by molar-refractivity contribution is -0.120. The lowest BCUT2D eigenvalue weighted by Gasteiger charge is -2.36. The molecule has 1 aliphatic rings. The zero-order chi connectivity index (χ0) is 13.1. The van der Waals surface area contributed by atoms with Gasteiger partial charge in [-0.2, -0.15) is 0 Å². The second-order valence-corrected chi connectivity index (χ2v) is 5.47. The number of aryl methyl sites for hydroxylation is 1. The fourth-order valence-corrected chi connectivity index (χ4v) is 2.88. The first kappa shape index (κ1) is 13.1. The lowest BCUT2D eigenvalue weighted by Crippen LogP contribution is -2.48. The molecule has 0 saturated carbocycles. The van der Waals surface area contributed by atoms with E-state index in [1.807, 2.05) is 0 Å². The van der Waals surface area contributed by atoms with Gasteiger partial charge in [-0.1, -0.05) is 29.8 Å². The van der Waals surface area contributed by atoms with Crippen LogP contribution >= 0.6 is 0 Å². The molecule has 2 unspecified atom stereocenters. The predicted octanol–water partition coefficient (Wildman–Crippen LogP) is 1.92. The van der Waals surface area contributed by atoms with Gasteiger partial charge in [0, 0.05) is 26.1 Å². The fourth-order valence-electron chi connectivity index (χ4n) is 2.88. The third kappa shape index (κ3) is 3.33. The standard InChI is InChI=1S/C15H22N2O/c1-11-5-4-6-13(7-11)14-8-15(16-12(2)18)10-17(3)9-14/h4-7,14-15H,8-10H2,1-3H3,(H,16,18). The zero-order valence-corrected chi connectivity index (χ0v) is 11.4. The average molecular weight is 246 g/mol. The third-order valence-corrected chi connectivity index (χ3v) is 3.55. The summed E-state index contributed by atoms with van der Waals surface area (Å²) in [6.07, 6.45) is 1.04. The van der Waals surface area contributed by atoms with E-state index in [-0.39, 0.29) is 11.9 Å². The molecule has 0 bridgehead atoms. The molecule has 2 rings (SSSR count). The minimum atomic E-state index is 0.0679. The number of nitrogens with one attached hydrogen (secondary N) is 1. The first-order chi connectivity index (χ1) is 8.54. The van der Waals surface area contributed by atoms with E-state index in [1.54, 1.807) is 6.92 Å². The summed E-state index contributed by atoms with van der Waals surface area (Å²) in [6.45, 7) is 5.74. The Hall–Kier alpha value is -1.35. The van der Waals surface area contributed by atoms with Crippen LogP contribution in [0.2, 0.25) is 0 Å². The van der Waals surface area contributed by atoms with Gasteiger partial charge in [0.15, 0.2) is 0 Å². The highest BCUT2D eigenvalue weighted by atomic mass is 16.1. The number of benzene rings is 1. The first-order valence-corrected chi connectivity index (χ1v) is 6.57. The van der Waals surface area contributed by atoms with Gasteiger partial charge < -0.3 is 10.2 Å². The summed E-state index contributed by atoms with van der Waals surface area (Å²) >= 11 is 0. The Morgan fingerprint density at radius 2 is 2.17 bits per heavy atom. The number of likely N-dealkylation sites (tertiary alicyclic amines) is 1. The normalized spacial score (nSPS) is 24.8. The minimum absolute atomic E-state index is 0.0679. The molecule has 1 aromatic carbocycles. The Morgan fingerprint density at radius 1 is 1.39 bits per heavy atom. The van der Waals surface area contributed by atoms with Crippen LogP contribution in [0.5, 0.6) is 0 Å². The van der Waals surface area contributed by atoms with Crippen LogP contribution in [0.15, 0.2) is 24.3 Å². The molecule has 0 radical (unpaired) electrons. The molecule has 3 nitrogen and oxygen atoms in total. The quantitative estimate of drug-likeness (QED) is 0.864. The molecule has 1 fully saturated rings. The molecule has 1 heterocycles. The predicted molar refractivity (Wildman–Crippen MR) is 73.6 cm³/mol. The van der Waals surface area contributed by atoms with Gasteiger partial charge in [0.2, 0.25) is 5.91 Å². The van der Waals surface area contributed by atoms with Crippen molar-refractivity contribution in [1.29, 1.82) is 0 Å². The van der Waals surface area contributed by atoms with E-state index in [9.17, 15) is 4.79 Å². The third-order valence-electron chi connectivity index (χ3n) is 3.55. The Morgan fingerprint density at radius 3 is 2.83 bits per heavy atom. The molecule has 1 saturated heterocycles. The van der Waals surface area contributed by atoms with Crippen LogP contribution in [0, 0.1) is 6.92 Å². The Labute approximate surface area is 109 Å². The molecule has 0 aliphatic carbocycles. The van der Waals surface area contributed by atoms with Crippen molar-refractivity contribution >= 4 is 5.91 Å². The number of hydrogen-bond donors (Lipinski definition) is 1. The summed E-state index contributed by atoms with van der Waals surface area (Å²) in [5.74, 6) is 0.582. The zero-order valence-electron chi connectivity index (χ0n) is 11.4. The minimum Gasteiger partial charge on any atom is -0.352 e. The summed E-state index contributed by atoms with van der Waals surface area (Å²) in [6, 6.07) is 8.97. The van der Waals surface area contributed by atoms with Crippen molar-refractivity contribution in [2.24, 2.45) is 0 Å². The van der Waals surface area contributed by atoms with Crippen LogP contribution in [-0.4, -0.2) is 37.0 Å². The van der Waals surface area contributed by atoms with E-state index >= 15 is 0 Å². The van der Waals surface area contributed by atoms with Crippen molar-refractivity contribution < 1.29 is 4.79 Å². The number of carbonyl (C=O) groups excluding carboxylic acids is 1. The molecule has 2 atom stereocenters. The van der Waals surface area contributed by atoms with Crippen molar-refractivity contribution in [2.75, 3.05) is 20.1 Å². The van der Waals surface area contributed by atoms with E-state index in [1.165, 1.54) is 11.1 Å². The summed E-state index contributed by atoms with van der Waals surface area (Å²) in [7, 11) is 2.12. The van der Waals surface area contributed by atoms with Gasteiger partial charge >= 0.3 is 0 Å². The topological polar surface area (TPSA) is 32.3 Å². The van der Waals surface area contributed by atoms with Crippen molar-refractivity contribution in [2.45, 2.75) is 32.2 Å². The molecule has 0 spiro atoms. The maximum atomic E-state index is 11.2. The number of piperidine rings is 1. The van der Waals surface area contributed by atoms with Crippen LogP contribution in [0.1, 0.15) is 30.4 Å². The van der Waals surface area contributed by atoms with Gasteiger partial charge in [-0.05, 0) is 31.9 Å². The Kier molecular flexibility index (Phi) is 4.02. The van der Waals surface area contributed by atoms with Gasteiger partial charge in [0.25, 0.3) is 0 Å². The highest BCUT2D eigenvalue weighted by Gasteiger charge is 2.26. The van der Waals surface area contributed by atoms with E-state index in [0.29, 0.717) is 5.92 Å².